The molecule has 0 saturated carbocycles. The topological polar surface area (TPSA) is 55.4 Å². The fourth-order valence-corrected chi connectivity index (χ4v) is 2.28. The summed E-state index contributed by atoms with van der Waals surface area (Å²) in [6.45, 7) is 5.72. The van der Waals surface area contributed by atoms with Crippen LogP contribution in [0, 0.1) is 0 Å². The number of carbonyl (C=O) groups is 2. The van der Waals surface area contributed by atoms with E-state index in [2.05, 4.69) is 19.2 Å². The van der Waals surface area contributed by atoms with Crippen molar-refractivity contribution in [3.05, 3.63) is 59.7 Å². The van der Waals surface area contributed by atoms with Gasteiger partial charge in [-0.15, -0.1) is 0 Å². The number of hydrogen-bond acceptors (Lipinski definition) is 3. The Morgan fingerprint density at radius 3 is 2.46 bits per heavy atom. The number of benzene rings is 2. The van der Waals surface area contributed by atoms with Crippen molar-refractivity contribution in [3.8, 4) is 5.75 Å². The van der Waals surface area contributed by atoms with Crippen molar-refractivity contribution < 1.29 is 14.3 Å². The van der Waals surface area contributed by atoms with Gasteiger partial charge in [0.1, 0.15) is 5.75 Å². The minimum atomic E-state index is -0.237. The van der Waals surface area contributed by atoms with Gasteiger partial charge in [-0.1, -0.05) is 38.1 Å². The summed E-state index contributed by atoms with van der Waals surface area (Å²) >= 11 is 0. The van der Waals surface area contributed by atoms with Crippen molar-refractivity contribution in [1.82, 2.24) is 0 Å². The molecule has 0 fully saturated rings. The van der Waals surface area contributed by atoms with Gasteiger partial charge < -0.3 is 10.1 Å². The van der Waals surface area contributed by atoms with Crippen LogP contribution in [-0.4, -0.2) is 18.3 Å². The summed E-state index contributed by atoms with van der Waals surface area (Å²) in [6, 6.07) is 14.7. The maximum Gasteiger partial charge on any atom is 0.262 e. The summed E-state index contributed by atoms with van der Waals surface area (Å²) < 4.78 is 5.45. The zero-order valence-electron chi connectivity index (χ0n) is 14.3. The van der Waals surface area contributed by atoms with E-state index in [1.54, 1.807) is 24.3 Å². The summed E-state index contributed by atoms with van der Waals surface area (Å²) in [5.74, 6) is 0.738. The van der Waals surface area contributed by atoms with Crippen molar-refractivity contribution in [2.24, 2.45) is 0 Å². The molecule has 2 aromatic rings. The van der Waals surface area contributed by atoms with Gasteiger partial charge in [-0.2, -0.15) is 0 Å². The average molecular weight is 325 g/mol. The van der Waals surface area contributed by atoms with Crippen LogP contribution in [0.25, 0.3) is 0 Å². The molecule has 126 valence electrons. The Morgan fingerprint density at radius 2 is 1.83 bits per heavy atom. The highest BCUT2D eigenvalue weighted by Crippen LogP contribution is 2.20. The molecule has 0 radical (unpaired) electrons. The number of ether oxygens (including phenoxy) is 1. The van der Waals surface area contributed by atoms with Crippen molar-refractivity contribution in [3.63, 3.8) is 0 Å². The van der Waals surface area contributed by atoms with Gasteiger partial charge in [0, 0.05) is 11.3 Å². The van der Waals surface area contributed by atoms with Gasteiger partial charge in [-0.05, 0) is 49.1 Å². The van der Waals surface area contributed by atoms with Crippen LogP contribution in [0.15, 0.2) is 48.5 Å². The number of nitrogens with one attached hydrogen (secondary N) is 1. The van der Waals surface area contributed by atoms with Gasteiger partial charge in [0.05, 0.1) is 0 Å². The predicted octanol–water partition coefficient (Wildman–Crippen LogP) is 4.42. The lowest BCUT2D eigenvalue weighted by Gasteiger charge is -2.11. The molecule has 1 amide bonds. The van der Waals surface area contributed by atoms with Gasteiger partial charge >= 0.3 is 0 Å². The first-order valence-corrected chi connectivity index (χ1v) is 8.13. The van der Waals surface area contributed by atoms with Crippen molar-refractivity contribution in [2.75, 3.05) is 11.9 Å². The van der Waals surface area contributed by atoms with Crippen LogP contribution < -0.4 is 10.1 Å². The minimum Gasteiger partial charge on any atom is -0.484 e. The largest absolute Gasteiger partial charge is 0.484 e. The monoisotopic (exact) mass is 325 g/mol. The van der Waals surface area contributed by atoms with Crippen LogP contribution in [0.2, 0.25) is 0 Å². The van der Waals surface area contributed by atoms with E-state index >= 15 is 0 Å². The van der Waals surface area contributed by atoms with Crippen LogP contribution in [0.4, 0.5) is 5.69 Å². The Kier molecular flexibility index (Phi) is 6.13. The van der Waals surface area contributed by atoms with Crippen LogP contribution in [0.1, 0.15) is 49.0 Å². The third-order valence-corrected chi connectivity index (χ3v) is 3.99. The van der Waals surface area contributed by atoms with Crippen LogP contribution in [-0.2, 0) is 4.79 Å². The molecule has 24 heavy (non-hydrogen) atoms. The summed E-state index contributed by atoms with van der Waals surface area (Å²) in [5, 5.41) is 2.80. The van der Waals surface area contributed by atoms with E-state index in [4.69, 9.17) is 4.74 Å². The number of ketones is 1. The summed E-state index contributed by atoms with van der Waals surface area (Å²) in [7, 11) is 0. The first-order valence-electron chi connectivity index (χ1n) is 8.13. The molecule has 1 N–H and O–H groups in total. The highest BCUT2D eigenvalue weighted by Gasteiger charge is 2.07. The molecule has 0 aromatic heterocycles. The quantitative estimate of drug-likeness (QED) is 0.767. The van der Waals surface area contributed by atoms with Gasteiger partial charge in [0.2, 0.25) is 0 Å². The number of rotatable bonds is 7. The van der Waals surface area contributed by atoms with Crippen molar-refractivity contribution in [1.29, 1.82) is 0 Å². The fraction of sp³-hybridized carbons (Fsp3) is 0.300. The molecule has 2 rings (SSSR count). The molecule has 2 aromatic carbocycles. The lowest BCUT2D eigenvalue weighted by Crippen LogP contribution is -2.20. The molecule has 0 saturated heterocycles. The molecule has 4 nitrogen and oxygen atoms in total. The Bertz CT molecular complexity index is 707. The first kappa shape index (κ1) is 17.7. The van der Waals surface area contributed by atoms with E-state index in [1.165, 1.54) is 12.5 Å². The van der Waals surface area contributed by atoms with Crippen LogP contribution in [0.5, 0.6) is 5.75 Å². The SMILES string of the molecule is CC[C@H](C)c1ccc(NC(=O)COc2cccc(C(C)=O)c2)cc1. The highest BCUT2D eigenvalue weighted by molar-refractivity contribution is 5.94. The van der Waals surface area contributed by atoms with Gasteiger partial charge in [-0.25, -0.2) is 0 Å². The Hall–Kier alpha value is -2.62. The standard InChI is InChI=1S/C20H23NO3/c1-4-14(2)16-8-10-18(11-9-16)21-20(23)13-24-19-7-5-6-17(12-19)15(3)22/h5-12,14H,4,13H2,1-3H3,(H,21,23)/t14-/m0/s1. The zero-order chi connectivity index (χ0) is 17.5. The molecule has 0 aliphatic carbocycles. The number of carbonyl (C=O) groups excluding carboxylic acids is 2. The number of anilines is 1. The number of hydrogen-bond donors (Lipinski definition) is 1. The maximum atomic E-state index is 12.0. The maximum absolute atomic E-state index is 12.0. The highest BCUT2D eigenvalue weighted by atomic mass is 16.5. The fourth-order valence-electron chi connectivity index (χ4n) is 2.28. The lowest BCUT2D eigenvalue weighted by atomic mass is 9.99. The second kappa shape index (κ2) is 8.29. The van der Waals surface area contributed by atoms with Crippen LogP contribution in [0.3, 0.4) is 0 Å². The van der Waals surface area contributed by atoms with E-state index in [0.29, 0.717) is 17.2 Å². The predicted molar refractivity (Wildman–Crippen MR) is 95.7 cm³/mol. The van der Waals surface area contributed by atoms with Gasteiger partial charge in [0.15, 0.2) is 12.4 Å². The van der Waals surface area contributed by atoms with Crippen molar-refractivity contribution in [2.45, 2.75) is 33.1 Å². The van der Waals surface area contributed by atoms with E-state index in [1.807, 2.05) is 24.3 Å². The molecule has 0 spiro atoms. The summed E-state index contributed by atoms with van der Waals surface area (Å²) in [5.41, 5.74) is 2.56. The smallest absolute Gasteiger partial charge is 0.262 e. The third-order valence-electron chi connectivity index (χ3n) is 3.99. The number of amides is 1. The number of Topliss-reactive ketones (excluding diaryl/α,β-unsaturated/α-hetero) is 1. The Morgan fingerprint density at radius 1 is 1.12 bits per heavy atom. The average Bonchev–Trinajstić information content (AvgIpc) is 2.60. The van der Waals surface area contributed by atoms with E-state index in [9.17, 15) is 9.59 Å². The molecule has 0 heterocycles. The molecule has 4 heteroatoms. The second-order valence-electron chi connectivity index (χ2n) is 5.85. The minimum absolute atomic E-state index is 0.0358. The molecular formula is C20H23NO3. The normalized spacial score (nSPS) is 11.6. The van der Waals surface area contributed by atoms with Crippen LogP contribution >= 0.6 is 0 Å². The third kappa shape index (κ3) is 4.95. The lowest BCUT2D eigenvalue weighted by molar-refractivity contribution is -0.118. The molecule has 0 aliphatic rings. The van der Waals surface area contributed by atoms with E-state index < -0.39 is 0 Å². The second-order valence-corrected chi connectivity index (χ2v) is 5.85. The molecule has 0 bridgehead atoms. The molecule has 0 unspecified atom stereocenters. The zero-order valence-corrected chi connectivity index (χ0v) is 14.3. The molecular weight excluding hydrogens is 302 g/mol. The first-order chi connectivity index (χ1) is 11.5. The van der Waals surface area contributed by atoms with Crippen molar-refractivity contribution >= 4 is 17.4 Å². The molecule has 0 aliphatic heterocycles. The Labute approximate surface area is 142 Å². The van der Waals surface area contributed by atoms with Gasteiger partial charge in [0.25, 0.3) is 5.91 Å². The van der Waals surface area contributed by atoms with E-state index in [-0.39, 0.29) is 18.3 Å². The van der Waals surface area contributed by atoms with Gasteiger partial charge in [-0.3, -0.25) is 9.59 Å². The van der Waals surface area contributed by atoms with E-state index in [0.717, 1.165) is 12.1 Å². The molecule has 1 atom stereocenters. The summed E-state index contributed by atoms with van der Waals surface area (Å²) in [4.78, 5) is 23.3. The Balaban J connectivity index is 1.89. The summed E-state index contributed by atoms with van der Waals surface area (Å²) in [6.07, 6.45) is 1.08.